The second-order valence-electron chi connectivity index (χ2n) is 4.11. The summed E-state index contributed by atoms with van der Waals surface area (Å²) >= 11 is 0. The van der Waals surface area contributed by atoms with Crippen LogP contribution < -0.4 is 10.1 Å². The number of halogens is 4. The summed E-state index contributed by atoms with van der Waals surface area (Å²) in [6.45, 7) is 0.729. The molecule has 0 radical (unpaired) electrons. The van der Waals surface area contributed by atoms with Gasteiger partial charge in [-0.1, -0.05) is 12.1 Å². The molecular weight excluding hydrogens is 278 g/mol. The Labute approximate surface area is 114 Å². The van der Waals surface area contributed by atoms with E-state index in [9.17, 15) is 17.6 Å². The van der Waals surface area contributed by atoms with Gasteiger partial charge in [0.2, 0.25) is 0 Å². The number of hydrogen-bond donors (Lipinski definition) is 1. The number of ether oxygens (including phenoxy) is 2. The maximum atomic E-state index is 13.6. The van der Waals surface area contributed by atoms with Gasteiger partial charge in [-0.05, 0) is 6.07 Å². The van der Waals surface area contributed by atoms with Crippen LogP contribution in [0.3, 0.4) is 0 Å². The van der Waals surface area contributed by atoms with E-state index in [1.807, 2.05) is 0 Å². The minimum absolute atomic E-state index is 0.137. The first-order chi connectivity index (χ1) is 9.44. The van der Waals surface area contributed by atoms with E-state index in [0.717, 1.165) is 6.07 Å². The lowest BCUT2D eigenvalue weighted by Gasteiger charge is -2.14. The lowest BCUT2D eigenvalue weighted by Crippen LogP contribution is -2.20. The molecule has 0 atom stereocenters. The van der Waals surface area contributed by atoms with Crippen LogP contribution in [-0.2, 0) is 11.3 Å². The minimum atomic E-state index is -4.32. The SMILES string of the molecule is COCCNCc1cccc(F)c1OCCC(F)(F)F. The van der Waals surface area contributed by atoms with Crippen LogP contribution in [0.5, 0.6) is 5.75 Å². The molecule has 0 unspecified atom stereocenters. The van der Waals surface area contributed by atoms with Crippen molar-refractivity contribution in [1.29, 1.82) is 0 Å². The third-order valence-corrected chi connectivity index (χ3v) is 2.48. The number of hydrogen-bond acceptors (Lipinski definition) is 3. The predicted molar refractivity (Wildman–Crippen MR) is 66.1 cm³/mol. The Kier molecular flexibility index (Phi) is 6.74. The van der Waals surface area contributed by atoms with Gasteiger partial charge in [-0.2, -0.15) is 13.2 Å². The fourth-order valence-corrected chi connectivity index (χ4v) is 1.52. The average molecular weight is 295 g/mol. The highest BCUT2D eigenvalue weighted by Gasteiger charge is 2.27. The fourth-order valence-electron chi connectivity index (χ4n) is 1.52. The van der Waals surface area contributed by atoms with Crippen molar-refractivity contribution < 1.29 is 27.0 Å². The van der Waals surface area contributed by atoms with Crippen molar-refractivity contribution >= 4 is 0 Å². The van der Waals surface area contributed by atoms with Crippen molar-refractivity contribution in [2.45, 2.75) is 19.1 Å². The molecule has 1 aromatic carbocycles. The average Bonchev–Trinajstić information content (AvgIpc) is 2.36. The van der Waals surface area contributed by atoms with Crippen molar-refractivity contribution in [2.24, 2.45) is 0 Å². The lowest BCUT2D eigenvalue weighted by molar-refractivity contribution is -0.139. The lowest BCUT2D eigenvalue weighted by atomic mass is 10.2. The van der Waals surface area contributed by atoms with Gasteiger partial charge in [0.1, 0.15) is 0 Å². The minimum Gasteiger partial charge on any atom is -0.490 e. The molecule has 0 amide bonds. The van der Waals surface area contributed by atoms with E-state index in [2.05, 4.69) is 5.32 Å². The number of benzene rings is 1. The predicted octanol–water partition coefficient (Wildman–Crippen LogP) is 2.89. The van der Waals surface area contributed by atoms with E-state index in [4.69, 9.17) is 9.47 Å². The molecule has 0 spiro atoms. The highest BCUT2D eigenvalue weighted by molar-refractivity contribution is 5.34. The van der Waals surface area contributed by atoms with Crippen molar-refractivity contribution in [1.82, 2.24) is 5.32 Å². The summed E-state index contributed by atoms with van der Waals surface area (Å²) in [5.74, 6) is -0.806. The summed E-state index contributed by atoms with van der Waals surface area (Å²) < 4.78 is 59.5. The highest BCUT2D eigenvalue weighted by Crippen LogP contribution is 2.25. The molecule has 0 aliphatic carbocycles. The number of para-hydroxylation sites is 1. The first kappa shape index (κ1) is 16.7. The van der Waals surface area contributed by atoms with E-state index >= 15 is 0 Å². The number of methoxy groups -OCH3 is 1. The molecular formula is C13H17F4NO2. The quantitative estimate of drug-likeness (QED) is 0.591. The van der Waals surface area contributed by atoms with E-state index in [1.165, 1.54) is 6.07 Å². The van der Waals surface area contributed by atoms with Crippen LogP contribution in [0.15, 0.2) is 18.2 Å². The Morgan fingerprint density at radius 1 is 1.20 bits per heavy atom. The van der Waals surface area contributed by atoms with Crippen LogP contribution in [0, 0.1) is 5.82 Å². The zero-order valence-corrected chi connectivity index (χ0v) is 11.1. The van der Waals surface area contributed by atoms with E-state index in [-0.39, 0.29) is 5.75 Å². The maximum absolute atomic E-state index is 13.6. The Hall–Kier alpha value is -1.34. The summed E-state index contributed by atoms with van der Waals surface area (Å²) in [6, 6.07) is 4.24. The van der Waals surface area contributed by atoms with E-state index in [1.54, 1.807) is 13.2 Å². The fraction of sp³-hybridized carbons (Fsp3) is 0.538. The van der Waals surface area contributed by atoms with Gasteiger partial charge >= 0.3 is 6.18 Å². The standard InChI is InChI=1S/C13H17F4NO2/c1-19-8-6-18-9-10-3-2-4-11(14)12(10)20-7-5-13(15,16)17/h2-4,18H,5-9H2,1H3. The van der Waals surface area contributed by atoms with Crippen LogP contribution in [0.1, 0.15) is 12.0 Å². The van der Waals surface area contributed by atoms with Gasteiger partial charge in [-0.3, -0.25) is 0 Å². The summed E-state index contributed by atoms with van der Waals surface area (Å²) in [5, 5.41) is 2.98. The van der Waals surface area contributed by atoms with Crippen LogP contribution in [-0.4, -0.2) is 33.0 Å². The molecule has 0 aliphatic rings. The van der Waals surface area contributed by atoms with Gasteiger partial charge < -0.3 is 14.8 Å². The molecule has 0 aliphatic heterocycles. The second kappa shape index (κ2) is 8.06. The van der Waals surface area contributed by atoms with Gasteiger partial charge in [0.25, 0.3) is 0 Å². The Balaban J connectivity index is 2.58. The molecule has 1 aromatic rings. The third kappa shape index (κ3) is 6.21. The van der Waals surface area contributed by atoms with Crippen LogP contribution >= 0.6 is 0 Å². The van der Waals surface area contributed by atoms with Crippen LogP contribution in [0.2, 0.25) is 0 Å². The molecule has 114 valence electrons. The number of rotatable bonds is 8. The zero-order chi connectivity index (χ0) is 15.0. The van der Waals surface area contributed by atoms with Crippen molar-refractivity contribution in [3.8, 4) is 5.75 Å². The van der Waals surface area contributed by atoms with Crippen molar-refractivity contribution in [3.63, 3.8) is 0 Å². The Bertz CT molecular complexity index is 410. The normalized spacial score (nSPS) is 11.7. The van der Waals surface area contributed by atoms with Gasteiger partial charge in [-0.15, -0.1) is 0 Å². The van der Waals surface area contributed by atoms with Gasteiger partial charge in [0.05, 0.1) is 19.6 Å². The van der Waals surface area contributed by atoms with E-state index in [0.29, 0.717) is 25.3 Å². The van der Waals surface area contributed by atoms with Gasteiger partial charge in [0.15, 0.2) is 11.6 Å². The molecule has 7 heteroatoms. The van der Waals surface area contributed by atoms with Crippen LogP contribution in [0.25, 0.3) is 0 Å². The molecule has 0 aromatic heterocycles. The monoisotopic (exact) mass is 295 g/mol. The Morgan fingerprint density at radius 3 is 2.60 bits per heavy atom. The molecule has 1 rings (SSSR count). The molecule has 20 heavy (non-hydrogen) atoms. The first-order valence-corrected chi connectivity index (χ1v) is 6.10. The summed E-state index contributed by atoms with van der Waals surface area (Å²) in [7, 11) is 1.55. The molecule has 0 heterocycles. The highest BCUT2D eigenvalue weighted by atomic mass is 19.4. The third-order valence-electron chi connectivity index (χ3n) is 2.48. The number of alkyl halides is 3. The topological polar surface area (TPSA) is 30.5 Å². The van der Waals surface area contributed by atoms with E-state index < -0.39 is 25.0 Å². The second-order valence-corrected chi connectivity index (χ2v) is 4.11. The molecule has 0 saturated carbocycles. The zero-order valence-electron chi connectivity index (χ0n) is 11.1. The largest absolute Gasteiger partial charge is 0.490 e. The molecule has 0 saturated heterocycles. The number of nitrogens with one attached hydrogen (secondary N) is 1. The molecule has 0 bridgehead atoms. The molecule has 3 nitrogen and oxygen atoms in total. The molecule has 1 N–H and O–H groups in total. The summed E-state index contributed by atoms with van der Waals surface area (Å²) in [6.07, 6.45) is -5.43. The van der Waals surface area contributed by atoms with Crippen LogP contribution in [0.4, 0.5) is 17.6 Å². The van der Waals surface area contributed by atoms with Gasteiger partial charge in [0, 0.05) is 25.8 Å². The van der Waals surface area contributed by atoms with Crippen molar-refractivity contribution in [3.05, 3.63) is 29.6 Å². The first-order valence-electron chi connectivity index (χ1n) is 6.10. The summed E-state index contributed by atoms with van der Waals surface area (Å²) in [5.41, 5.74) is 0.475. The Morgan fingerprint density at radius 2 is 1.95 bits per heavy atom. The van der Waals surface area contributed by atoms with Crippen molar-refractivity contribution in [2.75, 3.05) is 26.9 Å². The smallest absolute Gasteiger partial charge is 0.392 e. The summed E-state index contributed by atoms with van der Waals surface area (Å²) in [4.78, 5) is 0. The van der Waals surface area contributed by atoms with Gasteiger partial charge in [-0.25, -0.2) is 4.39 Å². The molecule has 0 fully saturated rings. The maximum Gasteiger partial charge on any atom is 0.392 e.